The zero-order valence-corrected chi connectivity index (χ0v) is 11.5. The molecule has 1 rings (SSSR count). The van der Waals surface area contributed by atoms with E-state index in [1.807, 2.05) is 6.92 Å². The largest absolute Gasteiger partial charge is 0.465 e. The summed E-state index contributed by atoms with van der Waals surface area (Å²) in [5, 5.41) is 0. The Kier molecular flexibility index (Phi) is 4.95. The molecule has 1 atom stereocenters. The van der Waals surface area contributed by atoms with Crippen LogP contribution >= 0.6 is 0 Å². The summed E-state index contributed by atoms with van der Waals surface area (Å²) < 4.78 is 5.14. The first-order valence-electron chi connectivity index (χ1n) is 6.65. The van der Waals surface area contributed by atoms with E-state index in [0.29, 0.717) is 25.1 Å². The fraction of sp³-hybridized carbons (Fsp3) is 0.923. The Morgan fingerprint density at radius 3 is 2.41 bits per heavy atom. The first-order chi connectivity index (χ1) is 7.95. The van der Waals surface area contributed by atoms with E-state index in [9.17, 15) is 4.79 Å². The maximum absolute atomic E-state index is 12.0. The highest BCUT2D eigenvalue weighted by Crippen LogP contribution is 2.39. The summed E-state index contributed by atoms with van der Waals surface area (Å²) >= 11 is 0. The van der Waals surface area contributed by atoms with E-state index in [0.717, 1.165) is 19.4 Å². The number of carbonyl (C=O) groups is 1. The Bertz CT molecular complexity index is 264. The number of carbonyl (C=O) groups excluding carboxylic acids is 1. The lowest BCUT2D eigenvalue weighted by Gasteiger charge is -2.35. The summed E-state index contributed by atoms with van der Waals surface area (Å²) in [4.78, 5) is 14.3. The number of nitrogens with zero attached hydrogens (tertiary/aromatic N) is 1. The second-order valence-electron chi connectivity index (χ2n) is 5.19. The molecule has 1 saturated carbocycles. The van der Waals surface area contributed by atoms with Gasteiger partial charge in [0, 0.05) is 12.6 Å². The van der Waals surface area contributed by atoms with E-state index < -0.39 is 5.54 Å². The van der Waals surface area contributed by atoms with Crippen molar-refractivity contribution in [2.24, 2.45) is 11.7 Å². The van der Waals surface area contributed by atoms with Crippen molar-refractivity contribution in [3.63, 3.8) is 0 Å². The van der Waals surface area contributed by atoms with Crippen LogP contribution in [-0.2, 0) is 9.53 Å². The number of rotatable bonds is 7. The van der Waals surface area contributed by atoms with E-state index in [2.05, 4.69) is 25.7 Å². The van der Waals surface area contributed by atoms with Gasteiger partial charge in [0.2, 0.25) is 0 Å². The average molecular weight is 242 g/mol. The number of likely N-dealkylation sites (N-methyl/N-ethyl adjacent to an activating group) is 1. The Labute approximate surface area is 104 Å². The molecule has 100 valence electrons. The van der Waals surface area contributed by atoms with Gasteiger partial charge in [-0.05, 0) is 46.1 Å². The zero-order valence-electron chi connectivity index (χ0n) is 11.5. The molecular formula is C13H26N2O2. The van der Waals surface area contributed by atoms with Gasteiger partial charge in [-0.25, -0.2) is 4.79 Å². The second-order valence-corrected chi connectivity index (χ2v) is 5.19. The first-order valence-corrected chi connectivity index (χ1v) is 6.65. The van der Waals surface area contributed by atoms with Crippen molar-refractivity contribution in [1.82, 2.24) is 4.90 Å². The summed E-state index contributed by atoms with van der Waals surface area (Å²) in [5.74, 6) is 0.0657. The van der Waals surface area contributed by atoms with Crippen molar-refractivity contribution < 1.29 is 9.53 Å². The highest BCUT2D eigenvalue weighted by Gasteiger charge is 2.50. The third-order valence-electron chi connectivity index (χ3n) is 3.56. The lowest BCUT2D eigenvalue weighted by Crippen LogP contribution is -2.59. The van der Waals surface area contributed by atoms with Crippen molar-refractivity contribution in [3.8, 4) is 0 Å². The number of hydrogen-bond acceptors (Lipinski definition) is 4. The van der Waals surface area contributed by atoms with Crippen LogP contribution in [0, 0.1) is 5.92 Å². The number of nitrogens with two attached hydrogens (primary N) is 1. The predicted molar refractivity (Wildman–Crippen MR) is 68.7 cm³/mol. The maximum atomic E-state index is 12.0. The van der Waals surface area contributed by atoms with Crippen LogP contribution in [0.15, 0.2) is 0 Å². The second kappa shape index (κ2) is 5.83. The van der Waals surface area contributed by atoms with Gasteiger partial charge < -0.3 is 10.5 Å². The minimum Gasteiger partial charge on any atom is -0.465 e. The molecule has 4 nitrogen and oxygen atoms in total. The van der Waals surface area contributed by atoms with Crippen LogP contribution in [0.1, 0.15) is 40.5 Å². The van der Waals surface area contributed by atoms with Crippen molar-refractivity contribution in [2.45, 2.75) is 52.1 Å². The Morgan fingerprint density at radius 1 is 1.47 bits per heavy atom. The fourth-order valence-corrected chi connectivity index (χ4v) is 2.22. The summed E-state index contributed by atoms with van der Waals surface area (Å²) in [5.41, 5.74) is 5.52. The Hall–Kier alpha value is -0.610. The topological polar surface area (TPSA) is 55.6 Å². The van der Waals surface area contributed by atoms with Gasteiger partial charge in [-0.15, -0.1) is 0 Å². The summed E-state index contributed by atoms with van der Waals surface area (Å²) in [6.07, 6.45) is 2.09. The average Bonchev–Trinajstić information content (AvgIpc) is 3.09. The van der Waals surface area contributed by atoms with E-state index in [-0.39, 0.29) is 5.97 Å². The van der Waals surface area contributed by atoms with Gasteiger partial charge in [0.1, 0.15) is 5.54 Å². The minimum absolute atomic E-state index is 0.235. The van der Waals surface area contributed by atoms with Crippen LogP contribution in [0.3, 0.4) is 0 Å². The lowest BCUT2D eigenvalue weighted by molar-refractivity contribution is -0.151. The molecule has 17 heavy (non-hydrogen) atoms. The molecule has 1 aliphatic carbocycles. The van der Waals surface area contributed by atoms with Crippen molar-refractivity contribution in [1.29, 1.82) is 0 Å². The predicted octanol–water partition coefficient (Wildman–Crippen LogP) is 1.39. The monoisotopic (exact) mass is 242 g/mol. The highest BCUT2D eigenvalue weighted by molar-refractivity contribution is 5.82. The molecular weight excluding hydrogens is 216 g/mol. The van der Waals surface area contributed by atoms with Gasteiger partial charge in [0.25, 0.3) is 0 Å². The van der Waals surface area contributed by atoms with Crippen LogP contribution in [0.2, 0.25) is 0 Å². The minimum atomic E-state index is -0.809. The Morgan fingerprint density at radius 2 is 2.06 bits per heavy atom. The third kappa shape index (κ3) is 3.42. The molecule has 0 aromatic carbocycles. The Balaban J connectivity index is 2.73. The summed E-state index contributed by atoms with van der Waals surface area (Å²) in [7, 11) is 0. The number of hydrogen-bond donors (Lipinski definition) is 1. The lowest BCUT2D eigenvalue weighted by atomic mass is 9.93. The van der Waals surface area contributed by atoms with Gasteiger partial charge in [-0.2, -0.15) is 0 Å². The van der Waals surface area contributed by atoms with E-state index in [1.165, 1.54) is 0 Å². The van der Waals surface area contributed by atoms with Crippen LogP contribution in [0.25, 0.3) is 0 Å². The third-order valence-corrected chi connectivity index (χ3v) is 3.56. The molecule has 0 bridgehead atoms. The SMILES string of the molecule is CCOC(=O)C(N)(CN(CC)C(C)C)C1CC1. The molecule has 0 saturated heterocycles. The normalized spacial score (nSPS) is 19.5. The summed E-state index contributed by atoms with van der Waals surface area (Å²) in [6.45, 7) is 10.1. The molecule has 2 N–H and O–H groups in total. The van der Waals surface area contributed by atoms with Crippen LogP contribution in [-0.4, -0.2) is 42.1 Å². The number of ether oxygens (including phenoxy) is 1. The molecule has 0 aromatic rings. The van der Waals surface area contributed by atoms with Gasteiger partial charge in [-0.1, -0.05) is 6.92 Å². The van der Waals surface area contributed by atoms with Crippen LogP contribution in [0.5, 0.6) is 0 Å². The molecule has 1 aliphatic rings. The molecule has 0 radical (unpaired) electrons. The molecule has 0 aliphatic heterocycles. The van der Waals surface area contributed by atoms with E-state index >= 15 is 0 Å². The van der Waals surface area contributed by atoms with Crippen molar-refractivity contribution in [2.75, 3.05) is 19.7 Å². The smallest absolute Gasteiger partial charge is 0.327 e. The standard InChI is InChI=1S/C13H26N2O2/c1-5-15(10(3)4)9-13(14,11-7-8-11)12(16)17-6-2/h10-11H,5-9,14H2,1-4H3. The van der Waals surface area contributed by atoms with Crippen molar-refractivity contribution >= 4 is 5.97 Å². The quantitative estimate of drug-likeness (QED) is 0.685. The summed E-state index contributed by atoms with van der Waals surface area (Å²) in [6, 6.07) is 0.399. The first kappa shape index (κ1) is 14.5. The molecule has 1 unspecified atom stereocenters. The molecule has 0 aromatic heterocycles. The van der Waals surface area contributed by atoms with Gasteiger partial charge in [0.05, 0.1) is 6.61 Å². The fourth-order valence-electron chi connectivity index (χ4n) is 2.22. The molecule has 1 fully saturated rings. The van der Waals surface area contributed by atoms with Crippen molar-refractivity contribution in [3.05, 3.63) is 0 Å². The van der Waals surface area contributed by atoms with E-state index in [1.54, 1.807) is 0 Å². The maximum Gasteiger partial charge on any atom is 0.327 e. The molecule has 0 spiro atoms. The van der Waals surface area contributed by atoms with Gasteiger partial charge in [-0.3, -0.25) is 4.90 Å². The van der Waals surface area contributed by atoms with Gasteiger partial charge >= 0.3 is 5.97 Å². The zero-order chi connectivity index (χ0) is 13.1. The highest BCUT2D eigenvalue weighted by atomic mass is 16.5. The van der Waals surface area contributed by atoms with Gasteiger partial charge in [0.15, 0.2) is 0 Å². The van der Waals surface area contributed by atoms with E-state index in [4.69, 9.17) is 10.5 Å². The molecule has 4 heteroatoms. The van der Waals surface area contributed by atoms with Crippen LogP contribution < -0.4 is 5.73 Å². The molecule has 0 heterocycles. The van der Waals surface area contributed by atoms with Crippen LogP contribution in [0.4, 0.5) is 0 Å². The molecule has 0 amide bonds. The number of esters is 1.